The van der Waals surface area contributed by atoms with Crippen LogP contribution in [0.2, 0.25) is 0 Å². The van der Waals surface area contributed by atoms with Crippen LogP contribution in [-0.2, 0) is 15.0 Å². The standard InChI is InChI=1S/C30H32N2O4/c1-6-17-36-24-12-7-21(18-19(24)2)27(33)25-26(20-13-15-31-16-14-20)32(29(35)28(25)34)23-10-8-22(9-11-23)30(3,4)5/h7-16,18,26,33H,6,17H2,1-5H3/b27-25-. The summed E-state index contributed by atoms with van der Waals surface area (Å²) in [6, 6.07) is 15.6. The molecule has 0 bridgehead atoms. The fourth-order valence-electron chi connectivity index (χ4n) is 4.41. The number of amides is 1. The fraction of sp³-hybridized carbons (Fsp3) is 0.300. The molecule has 1 fully saturated rings. The van der Waals surface area contributed by atoms with Crippen LogP contribution in [0.15, 0.2) is 72.6 Å². The van der Waals surface area contributed by atoms with E-state index in [1.807, 2.05) is 38.1 Å². The zero-order valence-corrected chi connectivity index (χ0v) is 21.4. The van der Waals surface area contributed by atoms with Crippen LogP contribution in [0, 0.1) is 6.92 Å². The number of carbonyl (C=O) groups is 2. The van der Waals surface area contributed by atoms with Crippen LogP contribution in [0.4, 0.5) is 5.69 Å². The number of Topliss-reactive ketones (excluding diaryl/α,β-unsaturated/α-hetero) is 1. The molecule has 6 nitrogen and oxygen atoms in total. The van der Waals surface area contributed by atoms with Gasteiger partial charge in [0.1, 0.15) is 11.5 Å². The molecule has 1 N–H and O–H groups in total. The second-order valence-electron chi connectivity index (χ2n) is 10.1. The van der Waals surface area contributed by atoms with Gasteiger partial charge in [-0.1, -0.05) is 39.8 Å². The van der Waals surface area contributed by atoms with Gasteiger partial charge in [-0.2, -0.15) is 0 Å². The average Bonchev–Trinajstić information content (AvgIpc) is 3.13. The minimum absolute atomic E-state index is 0.0488. The molecule has 1 saturated heterocycles. The van der Waals surface area contributed by atoms with E-state index in [4.69, 9.17) is 4.74 Å². The molecular weight excluding hydrogens is 452 g/mol. The predicted molar refractivity (Wildman–Crippen MR) is 141 cm³/mol. The summed E-state index contributed by atoms with van der Waals surface area (Å²) < 4.78 is 5.75. The minimum Gasteiger partial charge on any atom is -0.507 e. The highest BCUT2D eigenvalue weighted by Crippen LogP contribution is 2.42. The first-order chi connectivity index (χ1) is 17.1. The highest BCUT2D eigenvalue weighted by atomic mass is 16.5. The Morgan fingerprint density at radius 3 is 2.28 bits per heavy atom. The number of anilines is 1. The molecule has 0 spiro atoms. The highest BCUT2D eigenvalue weighted by molar-refractivity contribution is 6.51. The zero-order valence-electron chi connectivity index (χ0n) is 21.4. The van der Waals surface area contributed by atoms with Crippen molar-refractivity contribution in [3.8, 4) is 5.75 Å². The number of pyridine rings is 1. The highest BCUT2D eigenvalue weighted by Gasteiger charge is 2.47. The Kier molecular flexibility index (Phi) is 6.97. The van der Waals surface area contributed by atoms with Crippen LogP contribution in [0.3, 0.4) is 0 Å². The van der Waals surface area contributed by atoms with Crippen molar-refractivity contribution in [2.75, 3.05) is 11.5 Å². The molecule has 0 radical (unpaired) electrons. The molecule has 1 atom stereocenters. The van der Waals surface area contributed by atoms with Crippen molar-refractivity contribution in [3.05, 3.63) is 94.8 Å². The van der Waals surface area contributed by atoms with E-state index in [1.54, 1.807) is 42.7 Å². The Labute approximate surface area is 212 Å². The van der Waals surface area contributed by atoms with Crippen molar-refractivity contribution in [2.45, 2.75) is 52.5 Å². The third-order valence-corrected chi connectivity index (χ3v) is 6.39. The second-order valence-corrected chi connectivity index (χ2v) is 10.1. The van der Waals surface area contributed by atoms with Gasteiger partial charge >= 0.3 is 0 Å². The van der Waals surface area contributed by atoms with Crippen LogP contribution < -0.4 is 9.64 Å². The maximum Gasteiger partial charge on any atom is 0.300 e. The lowest BCUT2D eigenvalue weighted by atomic mass is 9.87. The second kappa shape index (κ2) is 9.97. The summed E-state index contributed by atoms with van der Waals surface area (Å²) in [5, 5.41) is 11.4. The smallest absolute Gasteiger partial charge is 0.300 e. The third-order valence-electron chi connectivity index (χ3n) is 6.39. The zero-order chi connectivity index (χ0) is 26.0. The summed E-state index contributed by atoms with van der Waals surface area (Å²) in [6.45, 7) is 10.9. The predicted octanol–water partition coefficient (Wildman–Crippen LogP) is 6.10. The topological polar surface area (TPSA) is 79.7 Å². The number of aromatic nitrogens is 1. The van der Waals surface area contributed by atoms with Crippen LogP contribution in [0.5, 0.6) is 5.75 Å². The maximum atomic E-state index is 13.4. The monoisotopic (exact) mass is 484 g/mol. The average molecular weight is 485 g/mol. The molecule has 1 aliphatic rings. The largest absolute Gasteiger partial charge is 0.507 e. The van der Waals surface area contributed by atoms with Crippen molar-refractivity contribution in [3.63, 3.8) is 0 Å². The number of ketones is 1. The number of aliphatic hydroxyl groups is 1. The number of benzene rings is 2. The molecule has 1 amide bonds. The minimum atomic E-state index is -0.787. The van der Waals surface area contributed by atoms with E-state index in [9.17, 15) is 14.7 Å². The van der Waals surface area contributed by atoms with Crippen molar-refractivity contribution in [1.82, 2.24) is 4.98 Å². The van der Waals surface area contributed by atoms with Crippen molar-refractivity contribution in [2.24, 2.45) is 0 Å². The molecular formula is C30H32N2O4. The number of carbonyl (C=O) groups excluding carboxylic acids is 2. The summed E-state index contributed by atoms with van der Waals surface area (Å²) in [7, 11) is 0. The first-order valence-electron chi connectivity index (χ1n) is 12.2. The number of rotatable bonds is 6. The van der Waals surface area contributed by atoms with E-state index in [0.29, 0.717) is 23.4 Å². The van der Waals surface area contributed by atoms with Gasteiger partial charge in [0.05, 0.1) is 18.2 Å². The third kappa shape index (κ3) is 4.76. The molecule has 1 aromatic heterocycles. The van der Waals surface area contributed by atoms with Gasteiger partial charge in [0.2, 0.25) is 0 Å². The Hall–Kier alpha value is -3.93. The van der Waals surface area contributed by atoms with Crippen molar-refractivity contribution in [1.29, 1.82) is 0 Å². The summed E-state index contributed by atoms with van der Waals surface area (Å²) in [6.07, 6.45) is 4.11. The summed E-state index contributed by atoms with van der Waals surface area (Å²) in [4.78, 5) is 32.3. The summed E-state index contributed by atoms with van der Waals surface area (Å²) >= 11 is 0. The van der Waals surface area contributed by atoms with Crippen LogP contribution in [0.1, 0.15) is 62.4 Å². The first-order valence-corrected chi connectivity index (χ1v) is 12.2. The Bertz CT molecular complexity index is 1310. The lowest BCUT2D eigenvalue weighted by Gasteiger charge is -2.26. The van der Waals surface area contributed by atoms with Crippen LogP contribution in [0.25, 0.3) is 5.76 Å². The van der Waals surface area contributed by atoms with Gasteiger partial charge in [-0.15, -0.1) is 0 Å². The van der Waals surface area contributed by atoms with Gasteiger partial charge in [0, 0.05) is 23.6 Å². The quantitative estimate of drug-likeness (QED) is 0.260. The fourth-order valence-corrected chi connectivity index (χ4v) is 4.41. The number of ether oxygens (including phenoxy) is 1. The normalized spacial score (nSPS) is 17.5. The van der Waals surface area contributed by atoms with E-state index in [2.05, 4.69) is 25.8 Å². The van der Waals surface area contributed by atoms with Crippen LogP contribution >= 0.6 is 0 Å². The maximum absolute atomic E-state index is 13.4. The van der Waals surface area contributed by atoms with E-state index in [0.717, 1.165) is 23.3 Å². The molecule has 6 heteroatoms. The number of aryl methyl sites for hydroxylation is 1. The summed E-state index contributed by atoms with van der Waals surface area (Å²) in [5.41, 5.74) is 3.67. The summed E-state index contributed by atoms with van der Waals surface area (Å²) in [5.74, 6) is -0.896. The number of hydrogen-bond acceptors (Lipinski definition) is 5. The number of aliphatic hydroxyl groups excluding tert-OH is 1. The van der Waals surface area contributed by atoms with Gasteiger partial charge in [-0.3, -0.25) is 19.5 Å². The Morgan fingerprint density at radius 1 is 1.03 bits per heavy atom. The SMILES string of the molecule is CCCOc1ccc(/C(O)=C2/C(=O)C(=O)N(c3ccc(C(C)(C)C)cc3)C2c2ccncc2)cc1C. The first kappa shape index (κ1) is 25.2. The number of nitrogens with zero attached hydrogens (tertiary/aromatic N) is 2. The van der Waals surface area contributed by atoms with Crippen molar-refractivity contribution < 1.29 is 19.4 Å². The molecule has 1 unspecified atom stereocenters. The van der Waals surface area contributed by atoms with Gasteiger partial charge in [-0.25, -0.2) is 0 Å². The molecule has 2 heterocycles. The molecule has 3 aromatic rings. The molecule has 4 rings (SSSR count). The molecule has 0 aliphatic carbocycles. The number of hydrogen-bond donors (Lipinski definition) is 1. The van der Waals surface area contributed by atoms with Gasteiger partial charge in [0.25, 0.3) is 11.7 Å². The van der Waals surface area contributed by atoms with Crippen molar-refractivity contribution >= 4 is 23.1 Å². The van der Waals surface area contributed by atoms with Crippen LogP contribution in [-0.4, -0.2) is 28.4 Å². The van der Waals surface area contributed by atoms with E-state index < -0.39 is 17.7 Å². The van der Waals surface area contributed by atoms with Gasteiger partial charge in [-0.05, 0) is 77.9 Å². The Morgan fingerprint density at radius 2 is 1.69 bits per heavy atom. The molecule has 1 aliphatic heterocycles. The van der Waals surface area contributed by atoms with E-state index >= 15 is 0 Å². The van der Waals surface area contributed by atoms with Gasteiger partial charge in [0.15, 0.2) is 0 Å². The molecule has 186 valence electrons. The Balaban J connectivity index is 1.84. The van der Waals surface area contributed by atoms with E-state index in [1.165, 1.54) is 4.90 Å². The molecule has 36 heavy (non-hydrogen) atoms. The lowest BCUT2D eigenvalue weighted by Crippen LogP contribution is -2.29. The molecule has 0 saturated carbocycles. The van der Waals surface area contributed by atoms with Gasteiger partial charge < -0.3 is 9.84 Å². The van der Waals surface area contributed by atoms with E-state index in [-0.39, 0.29) is 16.7 Å². The molecule has 2 aromatic carbocycles. The lowest BCUT2D eigenvalue weighted by molar-refractivity contribution is -0.132.